The van der Waals surface area contributed by atoms with Gasteiger partial charge in [-0.05, 0) is 36.6 Å². The number of ether oxygens (including phenoxy) is 1. The summed E-state index contributed by atoms with van der Waals surface area (Å²) in [7, 11) is -3.71. The van der Waals surface area contributed by atoms with E-state index >= 15 is 0 Å². The minimum atomic E-state index is -3.71. The molecule has 0 fully saturated rings. The predicted molar refractivity (Wildman–Crippen MR) is 115 cm³/mol. The molecule has 3 rings (SSSR count). The molecule has 1 amide bonds. The fraction of sp³-hybridized carbons (Fsp3) is 0.182. The van der Waals surface area contributed by atoms with Crippen LogP contribution in [0.5, 0.6) is 0 Å². The van der Waals surface area contributed by atoms with Crippen LogP contribution in [-0.4, -0.2) is 32.9 Å². The molecule has 0 aliphatic carbocycles. The predicted octanol–water partition coefficient (Wildman–Crippen LogP) is 3.32. The van der Waals surface area contributed by atoms with Gasteiger partial charge < -0.3 is 10.1 Å². The van der Waals surface area contributed by atoms with Crippen LogP contribution in [0, 0.1) is 0 Å². The maximum absolute atomic E-state index is 12.5. The molecular formula is C22H22N2O5S. The summed E-state index contributed by atoms with van der Waals surface area (Å²) in [4.78, 5) is 24.9. The zero-order chi connectivity index (χ0) is 21.7. The van der Waals surface area contributed by atoms with Gasteiger partial charge in [0.15, 0.2) is 6.10 Å². The van der Waals surface area contributed by atoms with Crippen LogP contribution in [0.2, 0.25) is 0 Å². The highest BCUT2D eigenvalue weighted by atomic mass is 32.2. The van der Waals surface area contributed by atoms with Gasteiger partial charge in [0.05, 0.1) is 10.5 Å². The lowest BCUT2D eigenvalue weighted by Gasteiger charge is -2.15. The first-order valence-corrected chi connectivity index (χ1v) is 10.9. The molecule has 0 aliphatic rings. The van der Waals surface area contributed by atoms with Crippen LogP contribution < -0.4 is 10.0 Å². The Hall–Kier alpha value is -3.23. The van der Waals surface area contributed by atoms with Crippen LogP contribution in [0.25, 0.3) is 10.8 Å². The Morgan fingerprint density at radius 2 is 1.70 bits per heavy atom. The van der Waals surface area contributed by atoms with E-state index in [-0.39, 0.29) is 17.0 Å². The topological polar surface area (TPSA) is 102 Å². The molecule has 0 saturated heterocycles. The Morgan fingerprint density at radius 1 is 1.00 bits per heavy atom. The van der Waals surface area contributed by atoms with Crippen molar-refractivity contribution in [1.29, 1.82) is 0 Å². The van der Waals surface area contributed by atoms with Crippen molar-refractivity contribution >= 4 is 38.4 Å². The van der Waals surface area contributed by atoms with Crippen molar-refractivity contribution in [3.63, 3.8) is 0 Å². The summed E-state index contributed by atoms with van der Waals surface area (Å²) < 4.78 is 31.8. The van der Waals surface area contributed by atoms with E-state index in [4.69, 9.17) is 4.74 Å². The van der Waals surface area contributed by atoms with Crippen molar-refractivity contribution in [1.82, 2.24) is 4.72 Å². The highest BCUT2D eigenvalue weighted by molar-refractivity contribution is 7.89. The maximum atomic E-state index is 12.5. The zero-order valence-electron chi connectivity index (χ0n) is 16.6. The van der Waals surface area contributed by atoms with Crippen LogP contribution in [0.4, 0.5) is 5.69 Å². The van der Waals surface area contributed by atoms with Gasteiger partial charge in [0.2, 0.25) is 10.0 Å². The van der Waals surface area contributed by atoms with Crippen LogP contribution in [0.1, 0.15) is 24.2 Å². The van der Waals surface area contributed by atoms with Crippen LogP contribution in [0.15, 0.2) is 71.6 Å². The number of fused-ring (bicyclic) bond motifs is 1. The smallest absolute Gasteiger partial charge is 0.338 e. The SMILES string of the molecule is CCNS(=O)(=O)c1cccc(C(=O)OC(C)C(=O)Nc2cccc3ccccc23)c1. The van der Waals surface area contributed by atoms with Gasteiger partial charge in [-0.3, -0.25) is 4.79 Å². The highest BCUT2D eigenvalue weighted by Gasteiger charge is 2.21. The third-order valence-electron chi connectivity index (χ3n) is 4.41. The first kappa shape index (κ1) is 21.5. The van der Waals surface area contributed by atoms with E-state index in [1.807, 2.05) is 36.4 Å². The number of rotatable bonds is 7. The van der Waals surface area contributed by atoms with Crippen molar-refractivity contribution in [2.75, 3.05) is 11.9 Å². The second-order valence-corrected chi connectivity index (χ2v) is 8.36. The van der Waals surface area contributed by atoms with E-state index < -0.39 is 28.0 Å². The van der Waals surface area contributed by atoms with Crippen molar-refractivity contribution in [3.8, 4) is 0 Å². The molecule has 30 heavy (non-hydrogen) atoms. The van der Waals surface area contributed by atoms with Gasteiger partial charge in [0.1, 0.15) is 0 Å². The standard InChI is InChI=1S/C22H22N2O5S/c1-3-23-30(27,28)18-11-6-10-17(14-18)22(26)29-15(2)21(25)24-20-13-7-9-16-8-4-5-12-19(16)20/h4-15,23H,3H2,1-2H3,(H,24,25). The molecule has 7 nitrogen and oxygen atoms in total. The molecule has 3 aromatic rings. The van der Waals surface area contributed by atoms with Crippen molar-refractivity contribution in [2.45, 2.75) is 24.8 Å². The van der Waals surface area contributed by atoms with E-state index in [0.29, 0.717) is 5.69 Å². The maximum Gasteiger partial charge on any atom is 0.338 e. The minimum absolute atomic E-state index is 0.0405. The lowest BCUT2D eigenvalue weighted by atomic mass is 10.1. The summed E-state index contributed by atoms with van der Waals surface area (Å²) in [5.74, 6) is -1.28. The van der Waals surface area contributed by atoms with Crippen LogP contribution >= 0.6 is 0 Å². The average molecular weight is 426 g/mol. The number of amides is 1. The third kappa shape index (κ3) is 4.84. The Kier molecular flexibility index (Phi) is 6.49. The van der Waals surface area contributed by atoms with Gasteiger partial charge >= 0.3 is 5.97 Å². The Morgan fingerprint density at radius 3 is 2.47 bits per heavy atom. The number of nitrogens with one attached hydrogen (secondary N) is 2. The highest BCUT2D eigenvalue weighted by Crippen LogP contribution is 2.23. The summed E-state index contributed by atoms with van der Waals surface area (Å²) in [6, 6.07) is 18.6. The number of carbonyl (C=O) groups is 2. The fourth-order valence-electron chi connectivity index (χ4n) is 2.91. The van der Waals surface area contributed by atoms with Gasteiger partial charge in [-0.1, -0.05) is 49.4 Å². The van der Waals surface area contributed by atoms with E-state index in [1.165, 1.54) is 31.2 Å². The molecule has 8 heteroatoms. The summed E-state index contributed by atoms with van der Waals surface area (Å²) in [5, 5.41) is 4.61. The van der Waals surface area contributed by atoms with E-state index in [9.17, 15) is 18.0 Å². The number of esters is 1. The molecular weight excluding hydrogens is 404 g/mol. The third-order valence-corrected chi connectivity index (χ3v) is 5.96. The molecule has 0 bridgehead atoms. The van der Waals surface area contributed by atoms with Crippen molar-refractivity contribution < 1.29 is 22.7 Å². The molecule has 1 atom stereocenters. The molecule has 1 unspecified atom stereocenters. The number of benzene rings is 3. The number of sulfonamides is 1. The molecule has 0 heterocycles. The average Bonchev–Trinajstić information content (AvgIpc) is 2.74. The molecule has 2 N–H and O–H groups in total. The normalized spacial score (nSPS) is 12.3. The first-order valence-electron chi connectivity index (χ1n) is 9.41. The van der Waals surface area contributed by atoms with Gasteiger partial charge in [-0.2, -0.15) is 0 Å². The van der Waals surface area contributed by atoms with Gasteiger partial charge in [-0.25, -0.2) is 17.9 Å². The lowest BCUT2D eigenvalue weighted by Crippen LogP contribution is -2.30. The lowest BCUT2D eigenvalue weighted by molar-refractivity contribution is -0.123. The van der Waals surface area contributed by atoms with Crippen LogP contribution in [-0.2, 0) is 19.6 Å². The molecule has 156 valence electrons. The molecule has 0 saturated carbocycles. The van der Waals surface area contributed by atoms with E-state index in [2.05, 4.69) is 10.0 Å². The summed E-state index contributed by atoms with van der Waals surface area (Å²) in [6.07, 6.45) is -1.08. The second kappa shape index (κ2) is 9.06. The van der Waals surface area contributed by atoms with Gasteiger partial charge in [0.25, 0.3) is 5.91 Å². The Balaban J connectivity index is 1.72. The van der Waals surface area contributed by atoms with Crippen LogP contribution in [0.3, 0.4) is 0 Å². The molecule has 0 spiro atoms. The quantitative estimate of drug-likeness (QED) is 0.565. The zero-order valence-corrected chi connectivity index (χ0v) is 17.4. The molecule has 3 aromatic carbocycles. The van der Waals surface area contributed by atoms with Crippen molar-refractivity contribution in [3.05, 3.63) is 72.3 Å². The number of hydrogen-bond acceptors (Lipinski definition) is 5. The molecule has 0 aliphatic heterocycles. The van der Waals surface area contributed by atoms with E-state index in [0.717, 1.165) is 10.8 Å². The number of hydrogen-bond donors (Lipinski definition) is 2. The Labute approximate surface area is 175 Å². The van der Waals surface area contributed by atoms with Gasteiger partial charge in [-0.15, -0.1) is 0 Å². The monoisotopic (exact) mass is 426 g/mol. The largest absolute Gasteiger partial charge is 0.449 e. The minimum Gasteiger partial charge on any atom is -0.449 e. The summed E-state index contributed by atoms with van der Waals surface area (Å²) in [5.41, 5.74) is 0.651. The summed E-state index contributed by atoms with van der Waals surface area (Å²) >= 11 is 0. The Bertz CT molecular complexity index is 1190. The second-order valence-electron chi connectivity index (χ2n) is 6.59. The van der Waals surface area contributed by atoms with Gasteiger partial charge in [0, 0.05) is 17.6 Å². The fourth-order valence-corrected chi connectivity index (χ4v) is 4.00. The summed E-state index contributed by atoms with van der Waals surface area (Å²) in [6.45, 7) is 3.34. The molecule has 0 aromatic heterocycles. The van der Waals surface area contributed by atoms with E-state index in [1.54, 1.807) is 13.0 Å². The van der Waals surface area contributed by atoms with Crippen molar-refractivity contribution in [2.24, 2.45) is 0 Å². The number of anilines is 1. The number of carbonyl (C=O) groups excluding carboxylic acids is 2. The molecule has 0 radical (unpaired) electrons. The first-order chi connectivity index (χ1) is 14.3.